The number of carbonyl (C=O) groups is 1. The van der Waals surface area contributed by atoms with Crippen LogP contribution in [0.25, 0.3) is 11.4 Å². The number of thiazole rings is 1. The monoisotopic (exact) mass is 495 g/mol. The van der Waals surface area contributed by atoms with Gasteiger partial charge in [0.15, 0.2) is 0 Å². The number of nitrogens with one attached hydrogen (secondary N) is 1. The Kier molecular flexibility index (Phi) is 8.85. The number of hydrogen-bond acceptors (Lipinski definition) is 5. The van der Waals surface area contributed by atoms with Crippen LogP contribution in [0.5, 0.6) is 11.5 Å². The van der Waals surface area contributed by atoms with Crippen molar-refractivity contribution in [1.82, 2.24) is 14.9 Å². The first kappa shape index (κ1) is 25.3. The highest BCUT2D eigenvalue weighted by molar-refractivity contribution is 7.09. The predicted octanol–water partition coefficient (Wildman–Crippen LogP) is 6.62. The molecule has 0 unspecified atom stereocenters. The Morgan fingerprint density at radius 2 is 1.91 bits per heavy atom. The molecule has 4 rings (SSSR count). The molecule has 35 heavy (non-hydrogen) atoms. The Balaban J connectivity index is 1.47. The van der Waals surface area contributed by atoms with Crippen LogP contribution in [0, 0.1) is 12.8 Å². The fourth-order valence-corrected chi connectivity index (χ4v) is 5.43. The molecule has 3 aromatic rings. The lowest BCUT2D eigenvalue weighted by Gasteiger charge is -2.21. The lowest BCUT2D eigenvalue weighted by molar-refractivity contribution is 0.0943. The van der Waals surface area contributed by atoms with Gasteiger partial charge in [0, 0.05) is 24.2 Å². The number of methoxy groups -OCH3 is 1. The van der Waals surface area contributed by atoms with Gasteiger partial charge in [0.2, 0.25) is 0 Å². The van der Waals surface area contributed by atoms with E-state index in [0.717, 1.165) is 65.1 Å². The molecule has 0 spiro atoms. The van der Waals surface area contributed by atoms with Crippen molar-refractivity contribution >= 4 is 17.2 Å². The first-order valence-corrected chi connectivity index (χ1v) is 13.7. The molecule has 1 N–H and O–H groups in total. The van der Waals surface area contributed by atoms with Crippen molar-refractivity contribution in [3.8, 4) is 22.9 Å². The lowest BCUT2D eigenvalue weighted by Crippen LogP contribution is -2.30. The van der Waals surface area contributed by atoms with E-state index in [1.165, 1.54) is 32.1 Å². The maximum Gasteiger partial charge on any atom is 0.253 e. The van der Waals surface area contributed by atoms with Gasteiger partial charge in [-0.3, -0.25) is 4.79 Å². The van der Waals surface area contributed by atoms with E-state index in [2.05, 4.69) is 29.1 Å². The maximum absolute atomic E-state index is 13.1. The van der Waals surface area contributed by atoms with E-state index < -0.39 is 0 Å². The molecule has 1 aliphatic rings. The number of hydrogen-bond donors (Lipinski definition) is 1. The normalized spacial score (nSPS) is 14.1. The summed E-state index contributed by atoms with van der Waals surface area (Å²) < 4.78 is 13.4. The molecule has 2 aromatic heterocycles. The Hall–Kier alpha value is -2.80. The Bertz CT molecular complexity index is 1100. The van der Waals surface area contributed by atoms with Crippen molar-refractivity contribution in [3.05, 3.63) is 52.0 Å². The molecule has 0 saturated heterocycles. The van der Waals surface area contributed by atoms with Crippen LogP contribution < -0.4 is 14.8 Å². The number of unbranched alkanes of at least 4 members (excludes halogenated alkanes) is 1. The zero-order chi connectivity index (χ0) is 24.6. The van der Waals surface area contributed by atoms with Gasteiger partial charge < -0.3 is 19.4 Å². The molecular formula is C28H37N3O3S. The lowest BCUT2D eigenvalue weighted by atomic mass is 9.89. The topological polar surface area (TPSA) is 65.4 Å². The highest BCUT2D eigenvalue weighted by Crippen LogP contribution is 2.29. The number of aromatic nitrogens is 2. The van der Waals surface area contributed by atoms with Gasteiger partial charge in [0.25, 0.3) is 5.91 Å². The molecule has 1 aliphatic carbocycles. The first-order chi connectivity index (χ1) is 17.1. The molecule has 0 atom stereocenters. The predicted molar refractivity (Wildman–Crippen MR) is 141 cm³/mol. The fraction of sp³-hybridized carbons (Fsp3) is 0.500. The second kappa shape index (κ2) is 12.2. The fourth-order valence-electron chi connectivity index (χ4n) is 4.73. The minimum atomic E-state index is 0.0304. The number of rotatable bonds is 11. The van der Waals surface area contributed by atoms with Gasteiger partial charge in [-0.2, -0.15) is 0 Å². The van der Waals surface area contributed by atoms with E-state index in [1.54, 1.807) is 18.4 Å². The molecule has 2 heterocycles. The average Bonchev–Trinajstić information content (AvgIpc) is 3.50. The molecule has 0 bridgehead atoms. The van der Waals surface area contributed by atoms with E-state index in [-0.39, 0.29) is 5.91 Å². The molecule has 0 aliphatic heterocycles. The van der Waals surface area contributed by atoms with Crippen molar-refractivity contribution in [2.75, 3.05) is 13.7 Å². The Morgan fingerprint density at radius 3 is 2.63 bits per heavy atom. The molecule has 0 radical (unpaired) electrons. The summed E-state index contributed by atoms with van der Waals surface area (Å²) in [4.78, 5) is 18.0. The zero-order valence-corrected chi connectivity index (χ0v) is 22.0. The van der Waals surface area contributed by atoms with Gasteiger partial charge in [-0.05, 0) is 62.4 Å². The minimum Gasteiger partial charge on any atom is -0.497 e. The highest BCUT2D eigenvalue weighted by atomic mass is 32.1. The van der Waals surface area contributed by atoms with Crippen LogP contribution >= 0.6 is 11.3 Å². The number of carbonyl (C=O) groups excluding carboxylic acids is 1. The van der Waals surface area contributed by atoms with Crippen molar-refractivity contribution in [1.29, 1.82) is 0 Å². The van der Waals surface area contributed by atoms with Gasteiger partial charge in [-0.25, -0.2) is 4.98 Å². The Labute approximate surface area is 212 Å². The van der Waals surface area contributed by atoms with Crippen molar-refractivity contribution in [2.24, 2.45) is 5.92 Å². The third-order valence-corrected chi connectivity index (χ3v) is 7.68. The summed E-state index contributed by atoms with van der Waals surface area (Å²) in [5.41, 5.74) is 3.68. The standard InChI is InChI=1S/C28H37N3O3S/c1-4-5-15-31-20(2)24(28(32)29-17-21-9-7-6-8-10-21)16-26(31)25-19-35-27(30-25)18-34-23-13-11-22(33-3)12-14-23/h11-14,16,19,21H,4-10,15,17-18H2,1-3H3,(H,29,32). The molecular weight excluding hydrogens is 458 g/mol. The van der Waals surface area contributed by atoms with Crippen LogP contribution in [0.1, 0.15) is 72.9 Å². The Morgan fingerprint density at radius 1 is 1.17 bits per heavy atom. The van der Waals surface area contributed by atoms with Crippen molar-refractivity contribution in [2.45, 2.75) is 71.9 Å². The van der Waals surface area contributed by atoms with E-state index in [1.807, 2.05) is 30.3 Å². The zero-order valence-electron chi connectivity index (χ0n) is 21.1. The van der Waals surface area contributed by atoms with Gasteiger partial charge in [0.1, 0.15) is 23.1 Å². The number of ether oxygens (including phenoxy) is 2. The second-order valence-electron chi connectivity index (χ2n) is 9.34. The summed E-state index contributed by atoms with van der Waals surface area (Å²) in [6.07, 6.45) is 8.50. The summed E-state index contributed by atoms with van der Waals surface area (Å²) in [6, 6.07) is 9.57. The SMILES string of the molecule is CCCCn1c(-c2csc(COc3ccc(OC)cc3)n2)cc(C(=O)NCC2CCCCC2)c1C. The molecule has 7 heteroatoms. The highest BCUT2D eigenvalue weighted by Gasteiger charge is 2.21. The van der Waals surface area contributed by atoms with Gasteiger partial charge in [-0.1, -0.05) is 32.6 Å². The molecule has 1 amide bonds. The smallest absolute Gasteiger partial charge is 0.253 e. The molecule has 1 fully saturated rings. The molecule has 188 valence electrons. The largest absolute Gasteiger partial charge is 0.497 e. The van der Waals surface area contributed by atoms with E-state index in [0.29, 0.717) is 12.5 Å². The molecule has 6 nitrogen and oxygen atoms in total. The van der Waals surface area contributed by atoms with Crippen LogP contribution in [-0.2, 0) is 13.2 Å². The van der Waals surface area contributed by atoms with Crippen LogP contribution in [0.2, 0.25) is 0 Å². The van der Waals surface area contributed by atoms with Gasteiger partial charge >= 0.3 is 0 Å². The summed E-state index contributed by atoms with van der Waals surface area (Å²) in [6.45, 7) is 6.29. The molecule has 1 saturated carbocycles. The van der Waals surface area contributed by atoms with E-state index in [4.69, 9.17) is 14.5 Å². The van der Waals surface area contributed by atoms with Crippen LogP contribution in [0.3, 0.4) is 0 Å². The minimum absolute atomic E-state index is 0.0304. The first-order valence-electron chi connectivity index (χ1n) is 12.8. The van der Waals surface area contributed by atoms with Crippen molar-refractivity contribution in [3.63, 3.8) is 0 Å². The summed E-state index contributed by atoms with van der Waals surface area (Å²) in [7, 11) is 1.65. The van der Waals surface area contributed by atoms with Gasteiger partial charge in [-0.15, -0.1) is 11.3 Å². The number of amides is 1. The average molecular weight is 496 g/mol. The number of nitrogens with zero attached hydrogens (tertiary/aromatic N) is 2. The number of benzene rings is 1. The van der Waals surface area contributed by atoms with E-state index in [9.17, 15) is 4.79 Å². The van der Waals surface area contributed by atoms with E-state index >= 15 is 0 Å². The van der Waals surface area contributed by atoms with Crippen molar-refractivity contribution < 1.29 is 14.3 Å². The quantitative estimate of drug-likeness (QED) is 0.325. The molecule has 1 aromatic carbocycles. The van der Waals surface area contributed by atoms with Crippen LogP contribution in [0.4, 0.5) is 0 Å². The maximum atomic E-state index is 13.1. The third kappa shape index (κ3) is 6.45. The van der Waals surface area contributed by atoms with Gasteiger partial charge in [0.05, 0.1) is 24.1 Å². The summed E-state index contributed by atoms with van der Waals surface area (Å²) in [5.74, 6) is 2.22. The van der Waals surface area contributed by atoms with Crippen LogP contribution in [0.15, 0.2) is 35.7 Å². The second-order valence-corrected chi connectivity index (χ2v) is 10.3. The van der Waals surface area contributed by atoms with Crippen LogP contribution in [-0.4, -0.2) is 29.1 Å². The third-order valence-electron chi connectivity index (χ3n) is 6.86. The summed E-state index contributed by atoms with van der Waals surface area (Å²) >= 11 is 1.58. The summed E-state index contributed by atoms with van der Waals surface area (Å²) in [5, 5.41) is 6.18.